The fourth-order valence-corrected chi connectivity index (χ4v) is 3.46. The topological polar surface area (TPSA) is 12.9 Å². The number of hydrogen-bond donors (Lipinski definition) is 0. The molecule has 1 aliphatic rings. The quantitative estimate of drug-likeness (QED) is 0.477. The summed E-state index contributed by atoms with van der Waals surface area (Å²) in [7, 11) is 0. The Labute approximate surface area is 120 Å². The predicted molar refractivity (Wildman–Crippen MR) is 80.8 cm³/mol. The summed E-state index contributed by atoms with van der Waals surface area (Å²) in [6.07, 6.45) is 1.01. The van der Waals surface area contributed by atoms with Crippen molar-refractivity contribution in [1.82, 2.24) is 4.98 Å². The van der Waals surface area contributed by atoms with E-state index in [1.165, 1.54) is 33.6 Å². The highest BCUT2D eigenvalue weighted by Gasteiger charge is 2.18. The molecule has 3 heteroatoms. The largest absolute Gasteiger partial charge is 0.225 e. The Morgan fingerprint density at radius 2 is 1.84 bits per heavy atom. The Kier molecular flexibility index (Phi) is 2.47. The monoisotopic (exact) mass is 283 g/mol. The molecular formula is C16H10ClNS. The van der Waals surface area contributed by atoms with Gasteiger partial charge in [0, 0.05) is 10.9 Å². The molecule has 19 heavy (non-hydrogen) atoms. The summed E-state index contributed by atoms with van der Waals surface area (Å²) in [4.78, 5) is 4.34. The Bertz CT molecular complexity index is 776. The Morgan fingerprint density at radius 3 is 2.68 bits per heavy atom. The smallest absolute Gasteiger partial charge is 0.184 e. The number of rotatable bonds is 1. The van der Waals surface area contributed by atoms with Gasteiger partial charge in [-0.1, -0.05) is 48.0 Å². The first-order valence-corrected chi connectivity index (χ1v) is 7.39. The van der Waals surface area contributed by atoms with Gasteiger partial charge in [0.05, 0.1) is 5.69 Å². The van der Waals surface area contributed by atoms with Crippen LogP contribution in [0.15, 0.2) is 47.8 Å². The van der Waals surface area contributed by atoms with Gasteiger partial charge in [-0.25, -0.2) is 4.98 Å². The average molecular weight is 284 g/mol. The van der Waals surface area contributed by atoms with Crippen molar-refractivity contribution in [1.29, 1.82) is 0 Å². The molecule has 0 saturated carbocycles. The van der Waals surface area contributed by atoms with Crippen LogP contribution in [0.1, 0.15) is 11.1 Å². The lowest BCUT2D eigenvalue weighted by Crippen LogP contribution is -1.83. The molecule has 1 nitrogen and oxygen atoms in total. The van der Waals surface area contributed by atoms with E-state index in [4.69, 9.17) is 11.6 Å². The van der Waals surface area contributed by atoms with Crippen molar-refractivity contribution in [2.24, 2.45) is 0 Å². The Balaban J connectivity index is 1.83. The number of nitrogens with zero attached hydrogens (tertiary/aromatic N) is 1. The van der Waals surface area contributed by atoms with Gasteiger partial charge in [-0.05, 0) is 34.7 Å². The fourth-order valence-electron chi connectivity index (χ4n) is 2.69. The molecule has 1 aromatic heterocycles. The molecule has 2 aromatic carbocycles. The number of hydrogen-bond acceptors (Lipinski definition) is 2. The van der Waals surface area contributed by atoms with Crippen molar-refractivity contribution in [2.75, 3.05) is 0 Å². The Hall–Kier alpha value is -1.64. The summed E-state index contributed by atoms with van der Waals surface area (Å²) in [5.74, 6) is 0. The van der Waals surface area contributed by atoms with Gasteiger partial charge in [0.2, 0.25) is 0 Å². The second kappa shape index (κ2) is 4.19. The highest BCUT2D eigenvalue weighted by atomic mass is 35.5. The second-order valence-corrected chi connectivity index (χ2v) is 6.13. The van der Waals surface area contributed by atoms with Crippen molar-refractivity contribution in [3.05, 3.63) is 63.4 Å². The zero-order valence-electron chi connectivity index (χ0n) is 10.1. The van der Waals surface area contributed by atoms with E-state index in [0.717, 1.165) is 17.7 Å². The van der Waals surface area contributed by atoms with Gasteiger partial charge in [-0.15, -0.1) is 11.3 Å². The highest BCUT2D eigenvalue weighted by molar-refractivity contribution is 7.14. The van der Waals surface area contributed by atoms with Crippen LogP contribution in [0.25, 0.3) is 22.4 Å². The van der Waals surface area contributed by atoms with E-state index < -0.39 is 0 Å². The van der Waals surface area contributed by atoms with E-state index in [9.17, 15) is 0 Å². The SMILES string of the molecule is Clc1nc(-c2ccc3c(c2)Cc2ccccc2-3)cs1. The third kappa shape index (κ3) is 1.79. The first-order valence-electron chi connectivity index (χ1n) is 6.14. The molecule has 0 amide bonds. The zero-order chi connectivity index (χ0) is 12.8. The molecule has 0 N–H and O–H groups in total. The van der Waals surface area contributed by atoms with Gasteiger partial charge in [0.25, 0.3) is 0 Å². The molecule has 0 spiro atoms. The molecule has 4 rings (SSSR count). The minimum atomic E-state index is 0.596. The van der Waals surface area contributed by atoms with Crippen LogP contribution in [0.5, 0.6) is 0 Å². The first kappa shape index (κ1) is 11.2. The van der Waals surface area contributed by atoms with Crippen LogP contribution < -0.4 is 0 Å². The van der Waals surface area contributed by atoms with Gasteiger partial charge in [0.15, 0.2) is 4.47 Å². The summed E-state index contributed by atoms with van der Waals surface area (Å²) in [6, 6.07) is 15.2. The summed E-state index contributed by atoms with van der Waals surface area (Å²) >= 11 is 7.38. The molecule has 92 valence electrons. The maximum atomic E-state index is 5.91. The van der Waals surface area contributed by atoms with E-state index in [1.807, 2.05) is 5.38 Å². The van der Waals surface area contributed by atoms with Crippen LogP contribution in [0.4, 0.5) is 0 Å². The molecule has 1 aliphatic carbocycles. The number of halogens is 1. The molecular weight excluding hydrogens is 274 g/mol. The fraction of sp³-hybridized carbons (Fsp3) is 0.0625. The number of benzene rings is 2. The molecule has 0 bridgehead atoms. The van der Waals surface area contributed by atoms with E-state index in [-0.39, 0.29) is 0 Å². The molecule has 0 atom stereocenters. The van der Waals surface area contributed by atoms with Gasteiger partial charge in [-0.3, -0.25) is 0 Å². The van der Waals surface area contributed by atoms with Crippen molar-refractivity contribution >= 4 is 22.9 Å². The minimum Gasteiger partial charge on any atom is -0.225 e. The molecule has 3 aromatic rings. The van der Waals surface area contributed by atoms with Crippen LogP contribution in [-0.2, 0) is 6.42 Å². The highest BCUT2D eigenvalue weighted by Crippen LogP contribution is 2.38. The summed E-state index contributed by atoms with van der Waals surface area (Å²) in [5, 5.41) is 2.01. The zero-order valence-corrected chi connectivity index (χ0v) is 11.6. The van der Waals surface area contributed by atoms with Gasteiger partial charge >= 0.3 is 0 Å². The van der Waals surface area contributed by atoms with Crippen LogP contribution in [0, 0.1) is 0 Å². The van der Waals surface area contributed by atoms with Crippen molar-refractivity contribution in [2.45, 2.75) is 6.42 Å². The Morgan fingerprint density at radius 1 is 1.00 bits per heavy atom. The van der Waals surface area contributed by atoms with E-state index in [1.54, 1.807) is 0 Å². The van der Waals surface area contributed by atoms with E-state index in [0.29, 0.717) is 4.47 Å². The molecule has 0 saturated heterocycles. The number of fused-ring (bicyclic) bond motifs is 3. The van der Waals surface area contributed by atoms with Gasteiger partial charge < -0.3 is 0 Å². The van der Waals surface area contributed by atoms with E-state index >= 15 is 0 Å². The molecule has 1 heterocycles. The number of thiazole rings is 1. The predicted octanol–water partition coefficient (Wildman–Crippen LogP) is 5.03. The van der Waals surface area contributed by atoms with Crippen molar-refractivity contribution in [3.63, 3.8) is 0 Å². The lowest BCUT2D eigenvalue weighted by molar-refractivity contribution is 1.26. The van der Waals surface area contributed by atoms with Crippen molar-refractivity contribution in [3.8, 4) is 22.4 Å². The van der Waals surface area contributed by atoms with Crippen LogP contribution in [0.2, 0.25) is 4.47 Å². The maximum Gasteiger partial charge on any atom is 0.184 e. The van der Waals surface area contributed by atoms with Crippen molar-refractivity contribution < 1.29 is 0 Å². The normalized spacial score (nSPS) is 12.3. The van der Waals surface area contributed by atoms with Gasteiger partial charge in [-0.2, -0.15) is 0 Å². The number of aromatic nitrogens is 1. The molecule has 0 aliphatic heterocycles. The summed E-state index contributed by atoms with van der Waals surface area (Å²) in [5.41, 5.74) is 7.61. The lowest BCUT2D eigenvalue weighted by Gasteiger charge is -2.03. The maximum absolute atomic E-state index is 5.91. The first-order chi connectivity index (χ1) is 9.31. The van der Waals surface area contributed by atoms with E-state index in [2.05, 4.69) is 47.4 Å². The molecule has 0 radical (unpaired) electrons. The molecule has 0 fully saturated rings. The molecule has 0 unspecified atom stereocenters. The third-order valence-corrected chi connectivity index (χ3v) is 4.54. The minimum absolute atomic E-state index is 0.596. The summed E-state index contributed by atoms with van der Waals surface area (Å²) < 4.78 is 0.596. The second-order valence-electron chi connectivity index (χ2n) is 4.69. The van der Waals surface area contributed by atoms with Gasteiger partial charge in [0.1, 0.15) is 0 Å². The standard InChI is InChI=1S/C16H10ClNS/c17-16-18-15(9-19-16)11-5-6-14-12(8-11)7-10-3-1-2-4-13(10)14/h1-6,8-9H,7H2. The summed E-state index contributed by atoms with van der Waals surface area (Å²) in [6.45, 7) is 0. The average Bonchev–Trinajstić information content (AvgIpc) is 3.01. The third-order valence-electron chi connectivity index (χ3n) is 3.57. The lowest BCUT2D eigenvalue weighted by atomic mass is 10.0. The van der Waals surface area contributed by atoms with Crippen LogP contribution >= 0.6 is 22.9 Å². The van der Waals surface area contributed by atoms with Crippen LogP contribution in [-0.4, -0.2) is 4.98 Å². The van der Waals surface area contributed by atoms with Crippen LogP contribution in [0.3, 0.4) is 0 Å².